The van der Waals surface area contributed by atoms with Crippen molar-refractivity contribution in [2.24, 2.45) is 5.92 Å². The smallest absolute Gasteiger partial charge is 0.0195 e. The van der Waals surface area contributed by atoms with E-state index in [2.05, 4.69) is 51.8 Å². The van der Waals surface area contributed by atoms with Crippen LogP contribution in [0.25, 0.3) is 0 Å². The van der Waals surface area contributed by atoms with Crippen molar-refractivity contribution in [3.05, 3.63) is 0 Å². The highest BCUT2D eigenvalue weighted by atomic mass is 15.2. The van der Waals surface area contributed by atoms with E-state index in [0.717, 1.165) is 25.6 Å². The van der Waals surface area contributed by atoms with E-state index in [1.54, 1.807) is 0 Å². The zero-order chi connectivity index (χ0) is 11.8. The maximum atomic E-state index is 3.54. The molecule has 0 rings (SSSR count). The fraction of sp³-hybridized carbons (Fsp3) is 1.00. The Bertz CT molecular complexity index is 145. The molecule has 1 N–H and O–H groups in total. The third kappa shape index (κ3) is 6.16. The van der Waals surface area contributed by atoms with E-state index in [4.69, 9.17) is 0 Å². The average Bonchev–Trinajstić information content (AvgIpc) is 2.18. The number of nitrogens with zero attached hydrogens (tertiary/aromatic N) is 1. The van der Waals surface area contributed by atoms with Gasteiger partial charge >= 0.3 is 0 Å². The molecule has 2 atom stereocenters. The van der Waals surface area contributed by atoms with E-state index < -0.39 is 0 Å². The van der Waals surface area contributed by atoms with Gasteiger partial charge in [0.05, 0.1) is 0 Å². The summed E-state index contributed by atoms with van der Waals surface area (Å²) in [4.78, 5) is 2.58. The summed E-state index contributed by atoms with van der Waals surface area (Å²) >= 11 is 0. The lowest BCUT2D eigenvalue weighted by Gasteiger charge is -2.33. The Labute approximate surface area is 96.4 Å². The second kappa shape index (κ2) is 8.12. The third-order valence-electron chi connectivity index (χ3n) is 3.08. The summed E-state index contributed by atoms with van der Waals surface area (Å²) < 4.78 is 0. The summed E-state index contributed by atoms with van der Waals surface area (Å²) in [6.45, 7) is 17.1. The highest BCUT2D eigenvalue weighted by Gasteiger charge is 2.16. The topological polar surface area (TPSA) is 15.3 Å². The molecule has 0 aliphatic heterocycles. The number of nitrogens with one attached hydrogen (secondary N) is 1. The molecule has 0 bridgehead atoms. The van der Waals surface area contributed by atoms with Gasteiger partial charge < -0.3 is 5.32 Å². The fourth-order valence-corrected chi connectivity index (χ4v) is 1.99. The Morgan fingerprint density at radius 1 is 0.933 bits per heavy atom. The summed E-state index contributed by atoms with van der Waals surface area (Å²) in [5, 5.41) is 3.54. The van der Waals surface area contributed by atoms with Crippen molar-refractivity contribution in [2.75, 3.05) is 19.6 Å². The minimum atomic E-state index is 0.642. The van der Waals surface area contributed by atoms with E-state index in [-0.39, 0.29) is 0 Å². The van der Waals surface area contributed by atoms with Crippen LogP contribution in [0.15, 0.2) is 0 Å². The van der Waals surface area contributed by atoms with Crippen LogP contribution >= 0.6 is 0 Å². The minimum Gasteiger partial charge on any atom is -0.315 e. The number of hydrogen-bond acceptors (Lipinski definition) is 2. The van der Waals surface area contributed by atoms with Gasteiger partial charge in [-0.05, 0) is 39.3 Å². The molecular weight excluding hydrogens is 184 g/mol. The van der Waals surface area contributed by atoms with Gasteiger partial charge in [0.15, 0.2) is 0 Å². The van der Waals surface area contributed by atoms with E-state index in [0.29, 0.717) is 12.1 Å². The van der Waals surface area contributed by atoms with Crippen molar-refractivity contribution >= 4 is 0 Å². The van der Waals surface area contributed by atoms with Gasteiger partial charge in [-0.1, -0.05) is 27.7 Å². The quantitative estimate of drug-likeness (QED) is 0.668. The molecule has 0 saturated heterocycles. The molecule has 0 radical (unpaired) electrons. The number of rotatable bonds is 8. The zero-order valence-electron chi connectivity index (χ0n) is 11.5. The van der Waals surface area contributed by atoms with Crippen molar-refractivity contribution in [1.29, 1.82) is 0 Å². The van der Waals surface area contributed by atoms with Crippen LogP contribution in [-0.2, 0) is 0 Å². The van der Waals surface area contributed by atoms with Crippen LogP contribution in [0.3, 0.4) is 0 Å². The molecule has 92 valence electrons. The summed E-state index contributed by atoms with van der Waals surface area (Å²) in [6.07, 6.45) is 1.24. The van der Waals surface area contributed by atoms with Crippen molar-refractivity contribution in [1.82, 2.24) is 10.2 Å². The maximum absolute atomic E-state index is 3.54. The van der Waals surface area contributed by atoms with Crippen LogP contribution in [0.5, 0.6) is 0 Å². The van der Waals surface area contributed by atoms with Gasteiger partial charge in [0, 0.05) is 18.6 Å². The first-order valence-corrected chi connectivity index (χ1v) is 6.49. The molecule has 0 aliphatic rings. The van der Waals surface area contributed by atoms with Crippen LogP contribution in [-0.4, -0.2) is 36.6 Å². The molecule has 0 fully saturated rings. The lowest BCUT2D eigenvalue weighted by Crippen LogP contribution is -2.45. The molecule has 0 aromatic heterocycles. The molecule has 0 saturated carbocycles. The van der Waals surface area contributed by atoms with Gasteiger partial charge in [0.1, 0.15) is 0 Å². The van der Waals surface area contributed by atoms with E-state index >= 15 is 0 Å². The highest BCUT2D eigenvalue weighted by molar-refractivity contribution is 4.73. The standard InChI is InChI=1S/C13H30N2/c1-7-12(5)15(8-2)13(6)10-14-9-11(3)4/h11-14H,7-10H2,1-6H3. The van der Waals surface area contributed by atoms with Gasteiger partial charge in [-0.2, -0.15) is 0 Å². The Morgan fingerprint density at radius 3 is 1.93 bits per heavy atom. The predicted octanol–water partition coefficient (Wildman–Crippen LogP) is 2.74. The molecule has 2 unspecified atom stereocenters. The number of hydrogen-bond donors (Lipinski definition) is 1. The Hall–Kier alpha value is -0.0800. The Balaban J connectivity index is 3.88. The van der Waals surface area contributed by atoms with Gasteiger partial charge in [-0.15, -0.1) is 0 Å². The summed E-state index contributed by atoms with van der Waals surface area (Å²) in [6, 6.07) is 1.34. The van der Waals surface area contributed by atoms with Crippen molar-refractivity contribution in [2.45, 2.75) is 60.0 Å². The van der Waals surface area contributed by atoms with Gasteiger partial charge in [0.25, 0.3) is 0 Å². The van der Waals surface area contributed by atoms with Crippen LogP contribution in [0.1, 0.15) is 48.0 Å². The van der Waals surface area contributed by atoms with Crippen LogP contribution < -0.4 is 5.32 Å². The van der Waals surface area contributed by atoms with Gasteiger partial charge in [-0.3, -0.25) is 4.90 Å². The molecule has 0 spiro atoms. The Kier molecular flexibility index (Phi) is 8.07. The van der Waals surface area contributed by atoms with E-state index in [9.17, 15) is 0 Å². The first-order valence-electron chi connectivity index (χ1n) is 6.49. The summed E-state index contributed by atoms with van der Waals surface area (Å²) in [5.74, 6) is 0.746. The molecule has 0 aromatic rings. The summed E-state index contributed by atoms with van der Waals surface area (Å²) in [7, 11) is 0. The van der Waals surface area contributed by atoms with Crippen molar-refractivity contribution in [3.63, 3.8) is 0 Å². The number of likely N-dealkylation sites (N-methyl/N-ethyl adjacent to an activating group) is 1. The molecule has 2 heteroatoms. The predicted molar refractivity (Wildman–Crippen MR) is 69.3 cm³/mol. The van der Waals surface area contributed by atoms with Gasteiger partial charge in [0.2, 0.25) is 0 Å². The molecule has 2 nitrogen and oxygen atoms in total. The fourth-order valence-electron chi connectivity index (χ4n) is 1.99. The largest absolute Gasteiger partial charge is 0.315 e. The molecule has 15 heavy (non-hydrogen) atoms. The van der Waals surface area contributed by atoms with Gasteiger partial charge in [-0.25, -0.2) is 0 Å². The van der Waals surface area contributed by atoms with Crippen LogP contribution in [0.2, 0.25) is 0 Å². The molecular formula is C13H30N2. The molecule has 0 heterocycles. The van der Waals surface area contributed by atoms with E-state index in [1.165, 1.54) is 6.42 Å². The Morgan fingerprint density at radius 2 is 1.53 bits per heavy atom. The van der Waals surface area contributed by atoms with Crippen LogP contribution in [0, 0.1) is 5.92 Å². The zero-order valence-corrected chi connectivity index (χ0v) is 11.5. The molecule has 0 amide bonds. The monoisotopic (exact) mass is 214 g/mol. The van der Waals surface area contributed by atoms with Crippen molar-refractivity contribution < 1.29 is 0 Å². The maximum Gasteiger partial charge on any atom is 0.0195 e. The first kappa shape index (κ1) is 14.9. The lowest BCUT2D eigenvalue weighted by atomic mass is 10.1. The second-order valence-corrected chi connectivity index (χ2v) is 4.99. The van der Waals surface area contributed by atoms with E-state index in [1.807, 2.05) is 0 Å². The highest BCUT2D eigenvalue weighted by Crippen LogP contribution is 2.07. The summed E-state index contributed by atoms with van der Waals surface area (Å²) in [5.41, 5.74) is 0. The lowest BCUT2D eigenvalue weighted by molar-refractivity contribution is 0.155. The normalized spacial score (nSPS) is 16.0. The first-order chi connectivity index (χ1) is 7.02. The molecule has 0 aliphatic carbocycles. The second-order valence-electron chi connectivity index (χ2n) is 4.99. The third-order valence-corrected chi connectivity index (χ3v) is 3.08. The minimum absolute atomic E-state index is 0.642. The average molecular weight is 214 g/mol. The van der Waals surface area contributed by atoms with Crippen LogP contribution in [0.4, 0.5) is 0 Å². The SMILES string of the molecule is CCC(C)N(CC)C(C)CNCC(C)C. The molecule has 0 aromatic carbocycles. The van der Waals surface area contributed by atoms with Crippen molar-refractivity contribution in [3.8, 4) is 0 Å².